The quantitative estimate of drug-likeness (QED) is 0.378. The van der Waals surface area contributed by atoms with Gasteiger partial charge in [-0.05, 0) is 84.9 Å². The average Bonchev–Trinajstić information content (AvgIpc) is 2.76. The van der Waals surface area contributed by atoms with Crippen molar-refractivity contribution in [3.63, 3.8) is 0 Å². The van der Waals surface area contributed by atoms with Crippen molar-refractivity contribution in [3.05, 3.63) is 11.6 Å². The van der Waals surface area contributed by atoms with Crippen LogP contribution in [0.15, 0.2) is 11.6 Å². The topological polar surface area (TPSA) is 118 Å². The molecule has 0 aromatic carbocycles. The Hall–Kier alpha value is -0.950. The molecule has 0 aromatic rings. The van der Waals surface area contributed by atoms with Crippen molar-refractivity contribution in [1.29, 1.82) is 0 Å². The molecule has 0 heterocycles. The van der Waals surface area contributed by atoms with E-state index in [4.69, 9.17) is 0 Å². The monoisotopic (exact) mass is 490 g/mol. The van der Waals surface area contributed by atoms with E-state index in [1.54, 1.807) is 0 Å². The lowest BCUT2D eigenvalue weighted by atomic mass is 9.38. The summed E-state index contributed by atoms with van der Waals surface area (Å²) in [6.07, 6.45) is 5.23. The van der Waals surface area contributed by atoms with Crippen molar-refractivity contribution in [2.45, 2.75) is 97.9 Å². The molecule has 5 aliphatic rings. The van der Waals surface area contributed by atoms with Crippen LogP contribution in [0.2, 0.25) is 0 Å². The van der Waals surface area contributed by atoms with Crippen LogP contribution in [0.3, 0.4) is 0 Å². The van der Waals surface area contributed by atoms with Crippen LogP contribution in [-0.2, 0) is 4.79 Å². The number of carboxylic acid groups (broad SMARTS) is 1. The van der Waals surface area contributed by atoms with Gasteiger partial charge in [0, 0.05) is 11.3 Å². The first-order valence-corrected chi connectivity index (χ1v) is 13.8. The van der Waals surface area contributed by atoms with Gasteiger partial charge in [0.05, 0.1) is 30.8 Å². The van der Waals surface area contributed by atoms with Crippen LogP contribution in [0.1, 0.15) is 79.6 Å². The summed E-state index contributed by atoms with van der Waals surface area (Å²) < 4.78 is 0. The summed E-state index contributed by atoms with van der Waals surface area (Å²) in [4.78, 5) is 12.2. The highest BCUT2D eigenvalue weighted by Crippen LogP contribution is 2.70. The maximum atomic E-state index is 12.2. The third-order valence-electron chi connectivity index (χ3n) is 12.0. The third kappa shape index (κ3) is 3.45. The number of fused-ring (bicyclic) bond motifs is 7. The smallest absolute Gasteiger partial charge is 0.306 e. The molecular formula is C29H46O6. The second kappa shape index (κ2) is 8.02. The molecule has 0 aliphatic heterocycles. The Labute approximate surface area is 209 Å². The largest absolute Gasteiger partial charge is 0.481 e. The number of carbonyl (C=O) groups is 1. The molecular weight excluding hydrogens is 444 g/mol. The molecule has 5 N–H and O–H groups in total. The Bertz CT molecular complexity index is 913. The molecule has 0 amide bonds. The number of aliphatic hydroxyl groups is 4. The summed E-state index contributed by atoms with van der Waals surface area (Å²) in [5, 5.41) is 53.8. The first-order valence-electron chi connectivity index (χ1n) is 13.8. The number of hydrogen-bond acceptors (Lipinski definition) is 5. The number of allylic oxidation sites excluding steroid dienone is 2. The highest BCUT2D eigenvalue weighted by atomic mass is 16.4. The molecule has 0 saturated heterocycles. The van der Waals surface area contributed by atoms with Crippen molar-refractivity contribution in [2.75, 3.05) is 6.61 Å². The molecule has 6 nitrogen and oxygen atoms in total. The van der Waals surface area contributed by atoms with E-state index in [0.29, 0.717) is 12.8 Å². The van der Waals surface area contributed by atoms with Gasteiger partial charge < -0.3 is 25.5 Å². The van der Waals surface area contributed by atoms with Gasteiger partial charge in [0.2, 0.25) is 0 Å². The van der Waals surface area contributed by atoms with Gasteiger partial charge in [-0.15, -0.1) is 0 Å². The molecule has 4 saturated carbocycles. The summed E-state index contributed by atoms with van der Waals surface area (Å²) in [5.74, 6) is -0.335. The molecule has 0 aromatic heterocycles. The zero-order valence-corrected chi connectivity index (χ0v) is 22.1. The van der Waals surface area contributed by atoms with Crippen LogP contribution in [0.4, 0.5) is 0 Å². The fourth-order valence-corrected chi connectivity index (χ4v) is 10.6. The van der Waals surface area contributed by atoms with Crippen molar-refractivity contribution < 1.29 is 30.3 Å². The minimum absolute atomic E-state index is 0.0180. The van der Waals surface area contributed by atoms with E-state index in [0.717, 1.165) is 32.1 Å². The number of hydrogen-bond donors (Lipinski definition) is 5. The van der Waals surface area contributed by atoms with E-state index in [1.165, 1.54) is 5.57 Å². The lowest BCUT2D eigenvalue weighted by Crippen LogP contribution is -2.68. The summed E-state index contributed by atoms with van der Waals surface area (Å²) in [6, 6.07) is 0. The fourth-order valence-electron chi connectivity index (χ4n) is 10.6. The van der Waals surface area contributed by atoms with Gasteiger partial charge in [0.15, 0.2) is 0 Å². The van der Waals surface area contributed by atoms with Gasteiger partial charge in [0.25, 0.3) is 0 Å². The van der Waals surface area contributed by atoms with E-state index in [1.807, 2.05) is 6.92 Å². The van der Waals surface area contributed by atoms with Crippen LogP contribution in [-0.4, -0.2) is 56.4 Å². The molecule has 0 radical (unpaired) electrons. The molecule has 0 spiro atoms. The normalized spacial score (nSPS) is 55.0. The third-order valence-corrected chi connectivity index (χ3v) is 12.0. The van der Waals surface area contributed by atoms with Crippen LogP contribution in [0.5, 0.6) is 0 Å². The first kappa shape index (κ1) is 25.7. The van der Waals surface area contributed by atoms with Gasteiger partial charge in [-0.1, -0.05) is 46.3 Å². The Morgan fingerprint density at radius 1 is 1.00 bits per heavy atom. The Morgan fingerprint density at radius 3 is 2.31 bits per heavy atom. The van der Waals surface area contributed by atoms with Crippen LogP contribution >= 0.6 is 0 Å². The molecule has 35 heavy (non-hydrogen) atoms. The predicted octanol–water partition coefficient (Wildman–Crippen LogP) is 3.61. The van der Waals surface area contributed by atoms with Crippen LogP contribution in [0, 0.1) is 57.2 Å². The van der Waals surface area contributed by atoms with Crippen molar-refractivity contribution >= 4 is 5.97 Å². The molecule has 4 fully saturated rings. The molecule has 6 heteroatoms. The standard InChI is InChI=1S/C29H46O6/c1-26(2)11-16-15(17(12-26)25(34)35)8-9-27(3)18(16)6-7-19-20(27)10-21(31)23-28(19,4)13-22(32)24(33)29(23,5)14-30/h6,15-17,19-24,30-33H,7-14H2,1-5H3,(H,34,35). The van der Waals surface area contributed by atoms with E-state index in [9.17, 15) is 30.3 Å². The summed E-state index contributed by atoms with van der Waals surface area (Å²) in [7, 11) is 0. The number of rotatable bonds is 2. The summed E-state index contributed by atoms with van der Waals surface area (Å²) in [6.45, 7) is 10.5. The molecule has 12 atom stereocenters. The van der Waals surface area contributed by atoms with Crippen molar-refractivity contribution in [3.8, 4) is 0 Å². The molecule has 5 rings (SSSR count). The van der Waals surface area contributed by atoms with E-state index < -0.39 is 35.1 Å². The maximum absolute atomic E-state index is 12.2. The Kier molecular flexibility index (Phi) is 5.89. The number of aliphatic hydroxyl groups excluding tert-OH is 4. The van der Waals surface area contributed by atoms with E-state index in [2.05, 4.69) is 33.8 Å². The number of carboxylic acids is 1. The van der Waals surface area contributed by atoms with Gasteiger partial charge in [0.1, 0.15) is 0 Å². The van der Waals surface area contributed by atoms with Gasteiger partial charge >= 0.3 is 5.97 Å². The molecule has 12 unspecified atom stereocenters. The Balaban J connectivity index is 1.56. The second-order valence-electron chi connectivity index (χ2n) is 14.5. The average molecular weight is 491 g/mol. The van der Waals surface area contributed by atoms with Crippen LogP contribution in [0.25, 0.3) is 0 Å². The lowest BCUT2D eigenvalue weighted by Gasteiger charge is -2.68. The fraction of sp³-hybridized carbons (Fsp3) is 0.897. The minimum atomic E-state index is -1.06. The highest BCUT2D eigenvalue weighted by Gasteiger charge is 2.67. The maximum Gasteiger partial charge on any atom is 0.306 e. The zero-order valence-electron chi connectivity index (χ0n) is 22.1. The first-order chi connectivity index (χ1) is 16.2. The lowest BCUT2D eigenvalue weighted by molar-refractivity contribution is -0.253. The number of aliphatic carboxylic acids is 1. The SMILES string of the molecule is CC1(C)CC(C(=O)O)C2CCC3(C)C(=CCC4C3CC(O)C3C(C)(CO)C(O)C(O)CC43C)C2C1. The van der Waals surface area contributed by atoms with Crippen molar-refractivity contribution in [1.82, 2.24) is 0 Å². The Morgan fingerprint density at radius 2 is 1.69 bits per heavy atom. The van der Waals surface area contributed by atoms with E-state index in [-0.39, 0.29) is 52.9 Å². The molecule has 0 bridgehead atoms. The summed E-state index contributed by atoms with van der Waals surface area (Å²) >= 11 is 0. The second-order valence-corrected chi connectivity index (χ2v) is 14.5. The van der Waals surface area contributed by atoms with E-state index >= 15 is 0 Å². The van der Waals surface area contributed by atoms with Gasteiger partial charge in [-0.2, -0.15) is 0 Å². The highest BCUT2D eigenvalue weighted by molar-refractivity contribution is 5.71. The minimum Gasteiger partial charge on any atom is -0.481 e. The molecule has 5 aliphatic carbocycles. The van der Waals surface area contributed by atoms with Crippen molar-refractivity contribution in [2.24, 2.45) is 57.2 Å². The van der Waals surface area contributed by atoms with Crippen LogP contribution < -0.4 is 0 Å². The predicted molar refractivity (Wildman–Crippen MR) is 132 cm³/mol. The zero-order chi connectivity index (χ0) is 25.7. The van der Waals surface area contributed by atoms with Gasteiger partial charge in [-0.3, -0.25) is 4.79 Å². The van der Waals surface area contributed by atoms with Gasteiger partial charge in [-0.25, -0.2) is 0 Å². The molecule has 198 valence electrons. The summed E-state index contributed by atoms with van der Waals surface area (Å²) in [5.41, 5.74) is -0.0659.